The van der Waals surface area contributed by atoms with Gasteiger partial charge in [0.1, 0.15) is 11.4 Å². The Labute approximate surface area is 167 Å². The summed E-state index contributed by atoms with van der Waals surface area (Å²) >= 11 is 0. The second-order valence-electron chi connectivity index (χ2n) is 5.95. The van der Waals surface area contributed by atoms with Crippen LogP contribution in [0.1, 0.15) is 16.8 Å². The Morgan fingerprint density at radius 3 is 2.48 bits per heavy atom. The van der Waals surface area contributed by atoms with E-state index in [1.54, 1.807) is 24.3 Å². The molecule has 0 unspecified atom stereocenters. The molecule has 2 amide bonds. The lowest BCUT2D eigenvalue weighted by Gasteiger charge is -2.10. The summed E-state index contributed by atoms with van der Waals surface area (Å²) in [4.78, 5) is 33.9. The van der Waals surface area contributed by atoms with Crippen molar-refractivity contribution in [1.29, 1.82) is 0 Å². The van der Waals surface area contributed by atoms with Gasteiger partial charge in [-0.15, -0.1) is 0 Å². The molecule has 0 fully saturated rings. The fourth-order valence-electron chi connectivity index (χ4n) is 2.37. The largest absolute Gasteiger partial charge is 0.493 e. The lowest BCUT2D eigenvalue weighted by Crippen LogP contribution is -2.15. The Morgan fingerprint density at radius 1 is 1.14 bits per heavy atom. The number of nitro benzene ring substituents is 1. The van der Waals surface area contributed by atoms with Gasteiger partial charge in [-0.25, -0.2) is 0 Å². The number of hydrogen-bond donors (Lipinski definition) is 3. The fourth-order valence-corrected chi connectivity index (χ4v) is 2.37. The molecule has 2 aromatic carbocycles. The van der Waals surface area contributed by atoms with Crippen LogP contribution in [0, 0.1) is 10.1 Å². The van der Waals surface area contributed by atoms with E-state index in [0.29, 0.717) is 30.3 Å². The third-order valence-electron chi connectivity index (χ3n) is 3.81. The second kappa shape index (κ2) is 10.6. The first kappa shape index (κ1) is 21.6. The van der Waals surface area contributed by atoms with Crippen molar-refractivity contribution < 1.29 is 24.0 Å². The molecule has 0 bridgehead atoms. The van der Waals surface area contributed by atoms with Crippen molar-refractivity contribution in [2.24, 2.45) is 5.73 Å². The number of anilines is 2. The van der Waals surface area contributed by atoms with Gasteiger partial charge >= 0.3 is 0 Å². The van der Waals surface area contributed by atoms with E-state index in [-0.39, 0.29) is 24.3 Å². The highest BCUT2D eigenvalue weighted by Gasteiger charge is 2.17. The summed E-state index contributed by atoms with van der Waals surface area (Å²) in [7, 11) is 1.53. The van der Waals surface area contributed by atoms with Gasteiger partial charge in [-0.1, -0.05) is 0 Å². The molecule has 0 aliphatic rings. The summed E-state index contributed by atoms with van der Waals surface area (Å²) in [5.74, 6) is -0.423. The molecule has 0 aliphatic heterocycles. The molecule has 2 aromatic rings. The molecule has 4 N–H and O–H groups in total. The van der Waals surface area contributed by atoms with Gasteiger partial charge in [-0.2, -0.15) is 0 Å². The quantitative estimate of drug-likeness (QED) is 0.296. The van der Waals surface area contributed by atoms with Crippen LogP contribution in [0.2, 0.25) is 0 Å². The average molecular weight is 402 g/mol. The second-order valence-corrected chi connectivity index (χ2v) is 5.95. The maximum absolute atomic E-state index is 12.4. The molecule has 0 radical (unpaired) electrons. The molecule has 0 saturated heterocycles. The van der Waals surface area contributed by atoms with Crippen LogP contribution in [0.4, 0.5) is 17.1 Å². The highest BCUT2D eigenvalue weighted by Crippen LogP contribution is 2.26. The zero-order valence-corrected chi connectivity index (χ0v) is 15.8. The summed E-state index contributed by atoms with van der Waals surface area (Å²) in [6.45, 7) is 0.952. The first-order valence-corrected chi connectivity index (χ1v) is 8.74. The van der Waals surface area contributed by atoms with Crippen molar-refractivity contribution in [2.75, 3.05) is 37.5 Å². The number of nitrogens with one attached hydrogen (secondary N) is 2. The zero-order chi connectivity index (χ0) is 21.2. The molecule has 0 aliphatic carbocycles. The van der Waals surface area contributed by atoms with Gasteiger partial charge in [0, 0.05) is 31.0 Å². The molecule has 0 atom stereocenters. The number of benzene rings is 2. The molecule has 10 nitrogen and oxygen atoms in total. The van der Waals surface area contributed by atoms with E-state index in [1.165, 1.54) is 25.3 Å². The Kier molecular flexibility index (Phi) is 7.92. The Balaban J connectivity index is 2.03. The van der Waals surface area contributed by atoms with E-state index < -0.39 is 16.7 Å². The summed E-state index contributed by atoms with van der Waals surface area (Å²) in [5, 5.41) is 16.9. The van der Waals surface area contributed by atoms with Crippen molar-refractivity contribution >= 4 is 28.9 Å². The number of rotatable bonds is 11. The molecule has 154 valence electrons. The number of ether oxygens (including phenoxy) is 2. The van der Waals surface area contributed by atoms with Crippen LogP contribution < -0.4 is 21.1 Å². The Bertz CT molecular complexity index is 870. The van der Waals surface area contributed by atoms with E-state index >= 15 is 0 Å². The topological polar surface area (TPSA) is 146 Å². The number of methoxy groups -OCH3 is 1. The molecule has 0 saturated carbocycles. The molecule has 0 aromatic heterocycles. The number of hydrogen-bond acceptors (Lipinski definition) is 7. The van der Waals surface area contributed by atoms with Gasteiger partial charge < -0.3 is 25.8 Å². The molecule has 0 spiro atoms. The maximum Gasteiger partial charge on any atom is 0.293 e. The summed E-state index contributed by atoms with van der Waals surface area (Å²) in [6.07, 6.45) is 0.105. The number of nitro groups is 1. The van der Waals surface area contributed by atoms with Gasteiger partial charge in [0.15, 0.2) is 0 Å². The lowest BCUT2D eigenvalue weighted by atomic mass is 10.1. The van der Waals surface area contributed by atoms with Crippen LogP contribution in [-0.4, -0.2) is 43.6 Å². The van der Waals surface area contributed by atoms with Gasteiger partial charge in [-0.3, -0.25) is 19.7 Å². The number of amides is 2. The summed E-state index contributed by atoms with van der Waals surface area (Å²) < 4.78 is 10.3. The van der Waals surface area contributed by atoms with E-state index in [2.05, 4.69) is 10.6 Å². The number of carbonyl (C=O) groups excluding carboxylic acids is 2. The van der Waals surface area contributed by atoms with Crippen LogP contribution in [0.3, 0.4) is 0 Å². The zero-order valence-electron chi connectivity index (χ0n) is 15.8. The number of carbonyl (C=O) groups is 2. The van der Waals surface area contributed by atoms with Crippen molar-refractivity contribution in [3.63, 3.8) is 0 Å². The molecule has 10 heteroatoms. The molecule has 29 heavy (non-hydrogen) atoms. The minimum Gasteiger partial charge on any atom is -0.493 e. The van der Waals surface area contributed by atoms with Crippen LogP contribution in [-0.2, 0) is 9.53 Å². The van der Waals surface area contributed by atoms with Gasteiger partial charge in [0.25, 0.3) is 11.6 Å². The first-order valence-electron chi connectivity index (χ1n) is 8.74. The van der Waals surface area contributed by atoms with Crippen LogP contribution in [0.15, 0.2) is 42.5 Å². The standard InChI is InChI=1S/C19H22N4O6/c1-28-11-9-21-16-7-2-13(12-17(16)23(26)27)19(25)22-14-3-5-15(6-4-14)29-10-8-18(20)24/h2-7,12,21H,8-11H2,1H3,(H2,20,24)(H,22,25). The Morgan fingerprint density at radius 2 is 1.86 bits per heavy atom. The molecule has 2 rings (SSSR count). The lowest BCUT2D eigenvalue weighted by molar-refractivity contribution is -0.384. The van der Waals surface area contributed by atoms with E-state index in [1.807, 2.05) is 0 Å². The smallest absolute Gasteiger partial charge is 0.293 e. The summed E-state index contributed by atoms with van der Waals surface area (Å²) in [6, 6.07) is 10.7. The number of nitrogens with two attached hydrogens (primary N) is 1. The molecule has 0 heterocycles. The predicted molar refractivity (Wildman–Crippen MR) is 107 cm³/mol. The van der Waals surface area contributed by atoms with E-state index in [4.69, 9.17) is 15.2 Å². The SMILES string of the molecule is COCCNc1ccc(C(=O)Nc2ccc(OCCC(N)=O)cc2)cc1[N+](=O)[O-]. The van der Waals surface area contributed by atoms with Gasteiger partial charge in [0.05, 0.1) is 24.6 Å². The monoisotopic (exact) mass is 402 g/mol. The third-order valence-corrected chi connectivity index (χ3v) is 3.81. The maximum atomic E-state index is 12.4. The normalized spacial score (nSPS) is 10.2. The van der Waals surface area contributed by atoms with Crippen LogP contribution in [0.25, 0.3) is 0 Å². The van der Waals surface area contributed by atoms with Crippen molar-refractivity contribution in [3.05, 3.63) is 58.1 Å². The molecular weight excluding hydrogens is 380 g/mol. The van der Waals surface area contributed by atoms with Crippen molar-refractivity contribution in [3.8, 4) is 5.75 Å². The minimum absolute atomic E-state index is 0.105. The fraction of sp³-hybridized carbons (Fsp3) is 0.263. The van der Waals surface area contributed by atoms with E-state index in [0.717, 1.165) is 0 Å². The molecular formula is C19H22N4O6. The predicted octanol–water partition coefficient (Wildman–Crippen LogP) is 2.16. The van der Waals surface area contributed by atoms with Gasteiger partial charge in [0.2, 0.25) is 5.91 Å². The van der Waals surface area contributed by atoms with Crippen molar-refractivity contribution in [1.82, 2.24) is 0 Å². The highest BCUT2D eigenvalue weighted by molar-refractivity contribution is 6.05. The average Bonchev–Trinajstić information content (AvgIpc) is 2.69. The number of primary amides is 1. The Hall–Kier alpha value is -3.66. The van der Waals surface area contributed by atoms with Crippen LogP contribution in [0.5, 0.6) is 5.75 Å². The van der Waals surface area contributed by atoms with Crippen molar-refractivity contribution in [2.45, 2.75) is 6.42 Å². The summed E-state index contributed by atoms with van der Waals surface area (Å²) in [5.41, 5.74) is 5.78. The number of nitrogens with zero attached hydrogens (tertiary/aromatic N) is 1. The first-order chi connectivity index (χ1) is 13.9. The minimum atomic E-state index is -0.551. The van der Waals surface area contributed by atoms with Crippen LogP contribution >= 0.6 is 0 Å². The van der Waals surface area contributed by atoms with E-state index in [9.17, 15) is 19.7 Å². The van der Waals surface area contributed by atoms with Gasteiger partial charge in [-0.05, 0) is 36.4 Å². The third kappa shape index (κ3) is 6.78. The highest BCUT2D eigenvalue weighted by atomic mass is 16.6.